The third-order valence-electron chi connectivity index (χ3n) is 3.58. The van der Waals surface area contributed by atoms with Gasteiger partial charge in [-0.3, -0.25) is 4.79 Å². The Morgan fingerprint density at radius 3 is 2.50 bits per heavy atom. The van der Waals surface area contributed by atoms with Crippen LogP contribution in [0.5, 0.6) is 0 Å². The van der Waals surface area contributed by atoms with E-state index in [1.165, 1.54) is 50.6 Å². The standard InChI is InChI=1S/C17H20N2O5S2/c1-11-8-9-25-15(11)17(21)24-12(2)16(20)18-13-6-5-7-14(10-13)26(22,23)19(3)4/h5-10,12H,1-4H3,(H,18,20)/t12-/m1/s1. The molecular formula is C17H20N2O5S2. The van der Waals surface area contributed by atoms with Crippen LogP contribution < -0.4 is 5.32 Å². The number of esters is 1. The minimum absolute atomic E-state index is 0.0548. The first-order valence-electron chi connectivity index (χ1n) is 7.71. The minimum atomic E-state index is -3.61. The number of nitrogens with one attached hydrogen (secondary N) is 1. The van der Waals surface area contributed by atoms with Crippen LogP contribution in [0.2, 0.25) is 0 Å². The number of carbonyl (C=O) groups excluding carboxylic acids is 2. The summed E-state index contributed by atoms with van der Waals surface area (Å²) in [6.07, 6.45) is -1.03. The van der Waals surface area contributed by atoms with Crippen molar-refractivity contribution in [2.75, 3.05) is 19.4 Å². The Hall–Kier alpha value is -2.23. The Balaban J connectivity index is 2.08. The molecule has 1 aromatic heterocycles. The highest BCUT2D eigenvalue weighted by Crippen LogP contribution is 2.20. The maximum atomic E-state index is 12.3. The number of benzene rings is 1. The maximum Gasteiger partial charge on any atom is 0.349 e. The van der Waals surface area contributed by atoms with Crippen molar-refractivity contribution in [3.05, 3.63) is 46.2 Å². The molecule has 0 radical (unpaired) electrons. The third-order valence-corrected chi connectivity index (χ3v) is 6.39. The van der Waals surface area contributed by atoms with Crippen molar-refractivity contribution in [2.45, 2.75) is 24.8 Å². The van der Waals surface area contributed by atoms with Gasteiger partial charge in [0.25, 0.3) is 5.91 Å². The Labute approximate surface area is 156 Å². The monoisotopic (exact) mass is 396 g/mol. The number of hydrogen-bond donors (Lipinski definition) is 1. The van der Waals surface area contributed by atoms with Crippen molar-refractivity contribution < 1.29 is 22.7 Å². The fourth-order valence-electron chi connectivity index (χ4n) is 2.04. The molecule has 0 aliphatic carbocycles. The van der Waals surface area contributed by atoms with Gasteiger partial charge in [0.05, 0.1) is 4.90 Å². The number of rotatable bonds is 6. The lowest BCUT2D eigenvalue weighted by Crippen LogP contribution is -2.30. The summed E-state index contributed by atoms with van der Waals surface area (Å²) >= 11 is 1.25. The summed E-state index contributed by atoms with van der Waals surface area (Å²) in [5, 5.41) is 4.33. The Morgan fingerprint density at radius 1 is 1.23 bits per heavy atom. The van der Waals surface area contributed by atoms with Crippen molar-refractivity contribution in [2.24, 2.45) is 0 Å². The Kier molecular flexibility index (Phi) is 6.17. The number of thiophene rings is 1. The highest BCUT2D eigenvalue weighted by atomic mass is 32.2. The second-order valence-electron chi connectivity index (χ2n) is 5.78. The molecule has 0 spiro atoms. The largest absolute Gasteiger partial charge is 0.448 e. The van der Waals surface area contributed by atoms with E-state index in [4.69, 9.17) is 4.74 Å². The van der Waals surface area contributed by atoms with Crippen LogP contribution in [0.1, 0.15) is 22.2 Å². The smallest absolute Gasteiger partial charge is 0.349 e. The second kappa shape index (κ2) is 7.98. The highest BCUT2D eigenvalue weighted by molar-refractivity contribution is 7.89. The summed E-state index contributed by atoms with van der Waals surface area (Å²) in [7, 11) is -0.760. The molecule has 0 fully saturated rings. The molecule has 1 N–H and O–H groups in total. The van der Waals surface area contributed by atoms with Crippen LogP contribution >= 0.6 is 11.3 Å². The molecule has 26 heavy (non-hydrogen) atoms. The molecule has 0 saturated heterocycles. The number of aryl methyl sites for hydroxylation is 1. The van der Waals surface area contributed by atoms with Crippen molar-refractivity contribution in [3.63, 3.8) is 0 Å². The quantitative estimate of drug-likeness (QED) is 0.758. The number of hydrogen-bond acceptors (Lipinski definition) is 6. The summed E-state index contributed by atoms with van der Waals surface area (Å²) in [5.74, 6) is -1.11. The zero-order valence-electron chi connectivity index (χ0n) is 14.8. The molecule has 9 heteroatoms. The third kappa shape index (κ3) is 4.48. The number of amides is 1. The van der Waals surface area contributed by atoms with Gasteiger partial charge < -0.3 is 10.1 Å². The summed E-state index contributed by atoms with van der Waals surface area (Å²) in [6, 6.07) is 7.67. The molecule has 1 amide bonds. The minimum Gasteiger partial charge on any atom is -0.448 e. The van der Waals surface area contributed by atoms with Crippen molar-refractivity contribution in [1.29, 1.82) is 0 Å². The van der Waals surface area contributed by atoms with Gasteiger partial charge in [-0.05, 0) is 49.1 Å². The second-order valence-corrected chi connectivity index (χ2v) is 8.85. The molecule has 0 unspecified atom stereocenters. The SMILES string of the molecule is Cc1ccsc1C(=O)O[C@H](C)C(=O)Nc1cccc(S(=O)(=O)N(C)C)c1. The first-order valence-corrected chi connectivity index (χ1v) is 10.0. The first kappa shape index (κ1) is 20.1. The molecule has 0 aliphatic heterocycles. The predicted molar refractivity (Wildman–Crippen MR) is 99.9 cm³/mol. The van der Waals surface area contributed by atoms with E-state index in [-0.39, 0.29) is 4.90 Å². The van der Waals surface area contributed by atoms with Gasteiger partial charge >= 0.3 is 5.97 Å². The molecular weight excluding hydrogens is 376 g/mol. The predicted octanol–water partition coefficient (Wildman–Crippen LogP) is 2.49. The van der Waals surface area contributed by atoms with Gasteiger partial charge in [0.1, 0.15) is 4.88 Å². The molecule has 2 rings (SSSR count). The number of anilines is 1. The zero-order chi connectivity index (χ0) is 19.5. The molecule has 140 valence electrons. The molecule has 1 atom stereocenters. The van der Waals surface area contributed by atoms with Gasteiger partial charge in [-0.15, -0.1) is 11.3 Å². The van der Waals surface area contributed by atoms with Gasteiger partial charge in [-0.25, -0.2) is 17.5 Å². The number of sulfonamides is 1. The number of carbonyl (C=O) groups is 2. The number of nitrogens with zero attached hydrogens (tertiary/aromatic N) is 1. The normalized spacial score (nSPS) is 12.7. The van der Waals surface area contributed by atoms with Gasteiger partial charge in [0.2, 0.25) is 10.0 Å². The zero-order valence-corrected chi connectivity index (χ0v) is 16.5. The first-order chi connectivity index (χ1) is 12.1. The van der Waals surface area contributed by atoms with E-state index in [0.717, 1.165) is 9.87 Å². The highest BCUT2D eigenvalue weighted by Gasteiger charge is 2.22. The van der Waals surface area contributed by atoms with Crippen LogP contribution in [0.25, 0.3) is 0 Å². The number of ether oxygens (including phenoxy) is 1. The average molecular weight is 396 g/mol. The summed E-state index contributed by atoms with van der Waals surface area (Å²) in [4.78, 5) is 24.8. The molecule has 1 heterocycles. The van der Waals surface area contributed by atoms with E-state index in [2.05, 4.69) is 5.32 Å². The molecule has 0 saturated carbocycles. The van der Waals surface area contributed by atoms with Crippen LogP contribution in [0, 0.1) is 6.92 Å². The maximum absolute atomic E-state index is 12.3. The summed E-state index contributed by atoms with van der Waals surface area (Å²) in [5.41, 5.74) is 1.09. The van der Waals surface area contributed by atoms with Gasteiger partial charge in [-0.2, -0.15) is 0 Å². The van der Waals surface area contributed by atoms with E-state index in [0.29, 0.717) is 10.6 Å². The lowest BCUT2D eigenvalue weighted by Gasteiger charge is -2.15. The fraction of sp³-hybridized carbons (Fsp3) is 0.294. The summed E-state index contributed by atoms with van der Waals surface area (Å²) in [6.45, 7) is 3.24. The van der Waals surface area contributed by atoms with Crippen molar-refractivity contribution in [1.82, 2.24) is 4.31 Å². The van der Waals surface area contributed by atoms with Crippen LogP contribution in [0.15, 0.2) is 40.6 Å². The lowest BCUT2D eigenvalue weighted by atomic mass is 10.3. The molecule has 2 aromatic rings. The van der Waals surface area contributed by atoms with Crippen molar-refractivity contribution >= 4 is 38.9 Å². The van der Waals surface area contributed by atoms with E-state index in [1.54, 1.807) is 24.4 Å². The summed E-state index contributed by atoms with van der Waals surface area (Å²) < 4.78 is 30.6. The molecule has 0 bridgehead atoms. The molecule has 7 nitrogen and oxygen atoms in total. The average Bonchev–Trinajstić information content (AvgIpc) is 3.01. The van der Waals surface area contributed by atoms with Crippen LogP contribution in [0.3, 0.4) is 0 Å². The Bertz CT molecular complexity index is 919. The molecule has 1 aromatic carbocycles. The van der Waals surface area contributed by atoms with Crippen LogP contribution in [-0.2, 0) is 19.6 Å². The van der Waals surface area contributed by atoms with Crippen molar-refractivity contribution in [3.8, 4) is 0 Å². The van der Waals surface area contributed by atoms with E-state index in [9.17, 15) is 18.0 Å². The van der Waals surface area contributed by atoms with E-state index < -0.39 is 28.0 Å². The van der Waals surface area contributed by atoms with Gasteiger partial charge in [0, 0.05) is 19.8 Å². The van der Waals surface area contributed by atoms with Gasteiger partial charge in [0.15, 0.2) is 6.10 Å². The lowest BCUT2D eigenvalue weighted by molar-refractivity contribution is -0.123. The van der Waals surface area contributed by atoms with E-state index in [1.807, 2.05) is 0 Å². The van der Waals surface area contributed by atoms with Crippen LogP contribution in [0.4, 0.5) is 5.69 Å². The van der Waals surface area contributed by atoms with E-state index >= 15 is 0 Å². The topological polar surface area (TPSA) is 92.8 Å². The van der Waals surface area contributed by atoms with Crippen LogP contribution in [-0.4, -0.2) is 44.8 Å². The van der Waals surface area contributed by atoms with Gasteiger partial charge in [-0.1, -0.05) is 6.07 Å². The fourth-order valence-corrected chi connectivity index (χ4v) is 3.79. The molecule has 0 aliphatic rings. The Morgan fingerprint density at radius 2 is 1.92 bits per heavy atom.